The summed E-state index contributed by atoms with van der Waals surface area (Å²) in [7, 11) is 3.50. The molecule has 0 fully saturated rings. The molecular formula is C13H17N3O2. The molecule has 0 unspecified atom stereocenters. The fraction of sp³-hybridized carbons (Fsp3) is 0.385. The van der Waals surface area contributed by atoms with Gasteiger partial charge in [0.1, 0.15) is 0 Å². The number of nitrogens with zero attached hydrogens (tertiary/aromatic N) is 3. The molecule has 0 spiro atoms. The van der Waals surface area contributed by atoms with Crippen LogP contribution in [0.3, 0.4) is 0 Å². The Morgan fingerprint density at radius 2 is 2.17 bits per heavy atom. The number of anilines is 1. The van der Waals surface area contributed by atoms with Crippen LogP contribution < -0.4 is 4.90 Å². The molecule has 5 heteroatoms. The van der Waals surface area contributed by atoms with Gasteiger partial charge in [0.05, 0.1) is 12.3 Å². The van der Waals surface area contributed by atoms with Crippen LogP contribution in [0.5, 0.6) is 0 Å². The van der Waals surface area contributed by atoms with Gasteiger partial charge in [-0.25, -0.2) is 0 Å². The van der Waals surface area contributed by atoms with E-state index in [1.165, 1.54) is 0 Å². The highest BCUT2D eigenvalue weighted by Crippen LogP contribution is 2.26. The molecule has 18 heavy (non-hydrogen) atoms. The molecule has 1 aromatic carbocycles. The summed E-state index contributed by atoms with van der Waals surface area (Å²) in [6, 6.07) is 7.69. The van der Waals surface area contributed by atoms with Crippen molar-refractivity contribution in [1.29, 1.82) is 0 Å². The summed E-state index contributed by atoms with van der Waals surface area (Å²) in [6.07, 6.45) is 0.647. The molecule has 1 aromatic rings. The molecule has 1 amide bonds. The lowest BCUT2D eigenvalue weighted by Crippen LogP contribution is -2.40. The number of carbonyl (C=O) groups excluding carboxylic acids is 1. The van der Waals surface area contributed by atoms with Gasteiger partial charge in [0.2, 0.25) is 5.91 Å². The lowest BCUT2D eigenvalue weighted by atomic mass is 9.99. The average Bonchev–Trinajstić information content (AvgIpc) is 2.39. The zero-order chi connectivity index (χ0) is 13.1. The Morgan fingerprint density at radius 3 is 2.83 bits per heavy atom. The van der Waals surface area contributed by atoms with Gasteiger partial charge < -0.3 is 15.0 Å². The number of carbonyl (C=O) groups is 1. The van der Waals surface area contributed by atoms with E-state index < -0.39 is 0 Å². The largest absolute Gasteiger partial charge is 0.411 e. The van der Waals surface area contributed by atoms with Crippen LogP contribution in [0.4, 0.5) is 5.69 Å². The van der Waals surface area contributed by atoms with E-state index in [4.69, 9.17) is 5.21 Å². The second-order valence-corrected chi connectivity index (χ2v) is 4.52. The lowest BCUT2D eigenvalue weighted by Gasteiger charge is -2.31. The van der Waals surface area contributed by atoms with Crippen molar-refractivity contribution in [3.8, 4) is 0 Å². The van der Waals surface area contributed by atoms with Crippen LogP contribution in [-0.2, 0) is 4.79 Å². The van der Waals surface area contributed by atoms with E-state index in [0.717, 1.165) is 11.3 Å². The molecular weight excluding hydrogens is 230 g/mol. The van der Waals surface area contributed by atoms with Crippen molar-refractivity contribution in [1.82, 2.24) is 4.90 Å². The van der Waals surface area contributed by atoms with E-state index in [9.17, 15) is 4.79 Å². The van der Waals surface area contributed by atoms with Crippen LogP contribution in [0.25, 0.3) is 0 Å². The van der Waals surface area contributed by atoms with Gasteiger partial charge in [0.15, 0.2) is 0 Å². The lowest BCUT2D eigenvalue weighted by molar-refractivity contribution is -0.127. The summed E-state index contributed by atoms with van der Waals surface area (Å²) in [5.74, 6) is 0.0641. The highest BCUT2D eigenvalue weighted by Gasteiger charge is 2.23. The molecule has 2 rings (SSSR count). The first-order valence-electron chi connectivity index (χ1n) is 5.89. The average molecular weight is 247 g/mol. The summed E-state index contributed by atoms with van der Waals surface area (Å²) >= 11 is 0. The number of hydrogen-bond donors (Lipinski definition) is 1. The molecule has 1 aliphatic rings. The smallest absolute Gasteiger partial charge is 0.241 e. The van der Waals surface area contributed by atoms with E-state index in [1.807, 2.05) is 29.2 Å². The highest BCUT2D eigenvalue weighted by molar-refractivity contribution is 6.07. The maximum Gasteiger partial charge on any atom is 0.241 e. The van der Waals surface area contributed by atoms with Gasteiger partial charge in [-0.05, 0) is 6.07 Å². The third kappa shape index (κ3) is 2.30. The first kappa shape index (κ1) is 12.4. The summed E-state index contributed by atoms with van der Waals surface area (Å²) in [5, 5.41) is 12.3. The highest BCUT2D eigenvalue weighted by atomic mass is 16.4. The second-order valence-electron chi connectivity index (χ2n) is 4.52. The van der Waals surface area contributed by atoms with E-state index >= 15 is 0 Å². The fourth-order valence-electron chi connectivity index (χ4n) is 2.06. The van der Waals surface area contributed by atoms with Crippen LogP contribution in [0.15, 0.2) is 29.4 Å². The number of benzene rings is 1. The van der Waals surface area contributed by atoms with Gasteiger partial charge in [-0.15, -0.1) is 0 Å². The predicted octanol–water partition coefficient (Wildman–Crippen LogP) is 1.16. The van der Waals surface area contributed by atoms with E-state index in [0.29, 0.717) is 25.2 Å². The Kier molecular flexibility index (Phi) is 3.50. The summed E-state index contributed by atoms with van der Waals surface area (Å²) < 4.78 is 0. The normalized spacial score (nSPS) is 16.6. The van der Waals surface area contributed by atoms with E-state index in [2.05, 4.69) is 5.16 Å². The van der Waals surface area contributed by atoms with Gasteiger partial charge in [-0.1, -0.05) is 23.4 Å². The monoisotopic (exact) mass is 247 g/mol. The molecule has 0 radical (unpaired) electrons. The van der Waals surface area contributed by atoms with Crippen molar-refractivity contribution < 1.29 is 10.0 Å². The molecule has 0 bridgehead atoms. The molecule has 0 saturated carbocycles. The third-order valence-corrected chi connectivity index (χ3v) is 3.12. The minimum atomic E-state index is 0.0641. The maximum absolute atomic E-state index is 11.8. The predicted molar refractivity (Wildman–Crippen MR) is 70.3 cm³/mol. The SMILES string of the molecule is CN(C)C(=O)CN1CCC(=NO)c2ccccc21. The molecule has 1 aliphatic heterocycles. The van der Waals surface area contributed by atoms with E-state index in [1.54, 1.807) is 19.0 Å². The van der Waals surface area contributed by atoms with Crippen LogP contribution in [0.2, 0.25) is 0 Å². The van der Waals surface area contributed by atoms with Gasteiger partial charge in [0, 0.05) is 38.3 Å². The van der Waals surface area contributed by atoms with Crippen molar-refractivity contribution in [2.45, 2.75) is 6.42 Å². The molecule has 1 heterocycles. The van der Waals surface area contributed by atoms with Gasteiger partial charge in [0.25, 0.3) is 0 Å². The van der Waals surface area contributed by atoms with Crippen molar-refractivity contribution in [2.75, 3.05) is 32.1 Å². The minimum Gasteiger partial charge on any atom is -0.411 e. The number of fused-ring (bicyclic) bond motifs is 1. The van der Waals surface area contributed by atoms with E-state index in [-0.39, 0.29) is 5.91 Å². The minimum absolute atomic E-state index is 0.0641. The van der Waals surface area contributed by atoms with Crippen molar-refractivity contribution in [2.24, 2.45) is 5.16 Å². The Bertz CT molecular complexity index is 483. The quantitative estimate of drug-likeness (QED) is 0.630. The zero-order valence-electron chi connectivity index (χ0n) is 10.6. The van der Waals surface area contributed by atoms with Crippen molar-refractivity contribution in [3.63, 3.8) is 0 Å². The number of amides is 1. The molecule has 5 nitrogen and oxygen atoms in total. The zero-order valence-corrected chi connectivity index (χ0v) is 10.6. The molecule has 96 valence electrons. The first-order valence-corrected chi connectivity index (χ1v) is 5.89. The van der Waals surface area contributed by atoms with Gasteiger partial charge in [-0.2, -0.15) is 0 Å². The Morgan fingerprint density at radius 1 is 1.44 bits per heavy atom. The Hall–Kier alpha value is -2.04. The fourth-order valence-corrected chi connectivity index (χ4v) is 2.06. The molecule has 0 atom stereocenters. The van der Waals surface area contributed by atoms with Crippen LogP contribution in [0.1, 0.15) is 12.0 Å². The van der Waals surface area contributed by atoms with Gasteiger partial charge >= 0.3 is 0 Å². The van der Waals surface area contributed by atoms with Gasteiger partial charge in [-0.3, -0.25) is 4.79 Å². The maximum atomic E-state index is 11.8. The van der Waals surface area contributed by atoms with Crippen LogP contribution >= 0.6 is 0 Å². The van der Waals surface area contributed by atoms with Crippen LogP contribution in [0, 0.1) is 0 Å². The molecule has 0 aromatic heterocycles. The molecule has 0 saturated heterocycles. The summed E-state index contributed by atoms with van der Waals surface area (Å²) in [6.45, 7) is 1.04. The number of hydrogen-bond acceptors (Lipinski definition) is 4. The second kappa shape index (κ2) is 5.08. The third-order valence-electron chi connectivity index (χ3n) is 3.12. The summed E-state index contributed by atoms with van der Waals surface area (Å²) in [5.41, 5.74) is 2.53. The Labute approximate surface area is 106 Å². The molecule has 1 N–H and O–H groups in total. The number of oxime groups is 1. The molecule has 0 aliphatic carbocycles. The first-order chi connectivity index (χ1) is 8.63. The standard InChI is InChI=1S/C13H17N3O2/c1-15(2)13(17)9-16-8-7-11(14-18)10-5-3-4-6-12(10)16/h3-6,18H,7-9H2,1-2H3. The summed E-state index contributed by atoms with van der Waals surface area (Å²) in [4.78, 5) is 15.4. The van der Waals surface area contributed by atoms with Crippen LogP contribution in [-0.4, -0.2) is 48.9 Å². The number of likely N-dealkylation sites (N-methyl/N-ethyl adjacent to an activating group) is 1. The van der Waals surface area contributed by atoms with Crippen molar-refractivity contribution in [3.05, 3.63) is 29.8 Å². The van der Waals surface area contributed by atoms with Crippen molar-refractivity contribution >= 4 is 17.3 Å². The topological polar surface area (TPSA) is 56.1 Å². The Balaban J connectivity index is 2.28. The number of para-hydroxylation sites is 1. The number of rotatable bonds is 2.